The summed E-state index contributed by atoms with van der Waals surface area (Å²) in [7, 11) is -4.09. The second-order valence-electron chi connectivity index (χ2n) is 15.6. The number of thiazole rings is 1. The van der Waals surface area contributed by atoms with Crippen LogP contribution in [-0.4, -0.2) is 122 Å². The van der Waals surface area contributed by atoms with E-state index in [4.69, 9.17) is 5.21 Å². The third-order valence-electron chi connectivity index (χ3n) is 11.2. The lowest BCUT2D eigenvalue weighted by Crippen LogP contribution is -2.57. The van der Waals surface area contributed by atoms with Crippen LogP contribution in [0.4, 0.5) is 9.59 Å². The molecule has 2 aliphatic rings. The van der Waals surface area contributed by atoms with Crippen molar-refractivity contribution in [3.63, 3.8) is 0 Å². The number of hydrogen-bond donors (Lipinski definition) is 4. The summed E-state index contributed by atoms with van der Waals surface area (Å²) in [4.78, 5) is 49.3. The average Bonchev–Trinajstić information content (AvgIpc) is 3.97. The molecule has 58 heavy (non-hydrogen) atoms. The van der Waals surface area contributed by atoms with Crippen molar-refractivity contribution in [3.8, 4) is 0 Å². The lowest BCUT2D eigenvalue weighted by Gasteiger charge is -2.35. The van der Waals surface area contributed by atoms with Crippen LogP contribution in [0, 0.1) is 11.8 Å². The summed E-state index contributed by atoms with van der Waals surface area (Å²) in [6.07, 6.45) is 3.43. The van der Waals surface area contributed by atoms with Crippen molar-refractivity contribution in [2.24, 2.45) is 17.0 Å². The number of nitrogens with one attached hydrogen (secondary N) is 1. The monoisotopic (exact) mass is 839 g/mol. The Bertz CT molecular complexity index is 1960. The van der Waals surface area contributed by atoms with Gasteiger partial charge in [0.05, 0.1) is 42.0 Å². The number of urea groups is 1. The van der Waals surface area contributed by atoms with Crippen LogP contribution in [0.3, 0.4) is 0 Å². The predicted molar refractivity (Wildman–Crippen MR) is 221 cm³/mol. The quantitative estimate of drug-likeness (QED) is 0.0649. The maximum absolute atomic E-state index is 14.5. The summed E-state index contributed by atoms with van der Waals surface area (Å²) >= 11 is 1.33. The Morgan fingerprint density at radius 1 is 1.07 bits per heavy atom. The molecule has 0 spiro atoms. The third-order valence-corrected chi connectivity index (χ3v) is 13.9. The van der Waals surface area contributed by atoms with Gasteiger partial charge in [0.2, 0.25) is 15.9 Å². The minimum absolute atomic E-state index is 0.0389. The van der Waals surface area contributed by atoms with Crippen LogP contribution in [0.2, 0.25) is 0 Å². The molecule has 2 fully saturated rings. The van der Waals surface area contributed by atoms with Crippen LogP contribution in [0.1, 0.15) is 81.6 Å². The maximum Gasteiger partial charge on any atom is 0.407 e. The molecule has 3 aromatic rings. The molecule has 4 atom stereocenters. The highest BCUT2D eigenvalue weighted by Crippen LogP contribution is 2.29. The van der Waals surface area contributed by atoms with Gasteiger partial charge in [-0.15, -0.1) is 11.3 Å². The molecule has 17 heteroatoms. The highest BCUT2D eigenvalue weighted by Gasteiger charge is 2.41. The summed E-state index contributed by atoms with van der Waals surface area (Å²) in [6.45, 7) is 8.39. The molecule has 2 heterocycles. The molecular weight excluding hydrogens is 783 g/mol. The summed E-state index contributed by atoms with van der Waals surface area (Å²) in [5.41, 5.74) is 1.99. The normalized spacial score (nSPS) is 17.3. The van der Waals surface area contributed by atoms with E-state index in [1.54, 1.807) is 35.8 Å². The van der Waals surface area contributed by atoms with Gasteiger partial charge in [0.15, 0.2) is 0 Å². The van der Waals surface area contributed by atoms with E-state index < -0.39 is 40.2 Å². The molecule has 1 aromatic heterocycles. The number of nitrogens with zero attached hydrogens (tertiary/aromatic N) is 6. The van der Waals surface area contributed by atoms with Crippen molar-refractivity contribution in [3.05, 3.63) is 81.8 Å². The lowest BCUT2D eigenvalue weighted by atomic mass is 9.95. The number of aromatic nitrogens is 1. The number of benzene rings is 2. The standard InChI is InChI=1S/C41H57N7O8S2/c1-5-29(4)38(47-20-19-45(40(47)51)24-33-27-57-37(43-33)26-48(28(2)3)41(52)53)39(50)44-35(21-30-11-7-6-8-12-30)36(49)25-46(23-32-13-9-10-14-32)58(55,56)34-17-15-31(16-18-34)22-42-54/h6-8,11-12,15-18,22,27-29,32,35-36,38,49,54H,5,9-10,13-14,19-21,23-26H2,1-4H3,(H,44,50)(H,52,53)/t29-,35-,36-,38-/m0/s1. The zero-order valence-electron chi connectivity index (χ0n) is 33.7. The Morgan fingerprint density at radius 2 is 1.76 bits per heavy atom. The van der Waals surface area contributed by atoms with Crippen LogP contribution < -0.4 is 5.32 Å². The SMILES string of the molecule is CC[C@H](C)[C@@H](C(=O)N[C@@H](Cc1ccccc1)[C@@H](O)CN(CC1CCCC1)S(=O)(=O)c1ccc(C=NO)cc1)N1CCN(Cc2csc(CN(C(=O)O)C(C)C)n2)C1=O. The molecule has 2 aromatic carbocycles. The Balaban J connectivity index is 1.35. The van der Waals surface area contributed by atoms with E-state index in [0.29, 0.717) is 35.8 Å². The number of rotatable bonds is 20. The highest BCUT2D eigenvalue weighted by molar-refractivity contribution is 7.89. The van der Waals surface area contributed by atoms with Crippen LogP contribution in [0.15, 0.2) is 70.0 Å². The molecular formula is C41H57N7O8S2. The molecule has 5 rings (SSSR count). The molecule has 1 aliphatic carbocycles. The van der Waals surface area contributed by atoms with Crippen molar-refractivity contribution < 1.29 is 38.2 Å². The third kappa shape index (κ3) is 11.3. The van der Waals surface area contributed by atoms with Crippen molar-refractivity contribution in [1.82, 2.24) is 29.3 Å². The number of amides is 4. The van der Waals surface area contributed by atoms with Crippen LogP contribution >= 0.6 is 11.3 Å². The Labute approximate surface area is 345 Å². The first-order valence-corrected chi connectivity index (χ1v) is 22.3. The van der Waals surface area contributed by atoms with Crippen LogP contribution in [-0.2, 0) is 34.3 Å². The number of carboxylic acid groups (broad SMARTS) is 1. The largest absolute Gasteiger partial charge is 0.465 e. The zero-order chi connectivity index (χ0) is 42.0. The predicted octanol–water partition coefficient (Wildman–Crippen LogP) is 5.46. The number of oxime groups is 1. The van der Waals surface area contributed by atoms with Crippen molar-refractivity contribution in [1.29, 1.82) is 0 Å². The molecule has 1 saturated carbocycles. The first kappa shape index (κ1) is 44.5. The van der Waals surface area contributed by atoms with Gasteiger partial charge in [-0.3, -0.25) is 9.69 Å². The van der Waals surface area contributed by atoms with Crippen molar-refractivity contribution in [2.45, 2.75) is 108 Å². The summed E-state index contributed by atoms with van der Waals surface area (Å²) in [5, 5.41) is 39.0. The molecule has 316 valence electrons. The zero-order valence-corrected chi connectivity index (χ0v) is 35.3. The summed E-state index contributed by atoms with van der Waals surface area (Å²) in [5.74, 6) is -0.561. The molecule has 0 unspecified atom stereocenters. The number of hydrogen-bond acceptors (Lipinski definition) is 10. The lowest BCUT2D eigenvalue weighted by molar-refractivity contribution is -0.128. The molecule has 4 N–H and O–H groups in total. The molecule has 4 amide bonds. The number of aliphatic hydroxyl groups excluding tert-OH is 1. The van der Waals surface area contributed by atoms with E-state index in [1.807, 2.05) is 49.6 Å². The molecule has 15 nitrogen and oxygen atoms in total. The van der Waals surface area contributed by atoms with E-state index in [0.717, 1.165) is 31.2 Å². The second kappa shape index (κ2) is 20.4. The Morgan fingerprint density at radius 3 is 2.38 bits per heavy atom. The van der Waals surface area contributed by atoms with Crippen LogP contribution in [0.5, 0.6) is 0 Å². The van der Waals surface area contributed by atoms with E-state index in [2.05, 4.69) is 15.5 Å². The first-order chi connectivity index (χ1) is 27.7. The summed E-state index contributed by atoms with van der Waals surface area (Å²) < 4.78 is 29.7. The van der Waals surface area contributed by atoms with E-state index in [-0.39, 0.29) is 61.4 Å². The molecule has 0 bridgehead atoms. The number of sulfonamides is 1. The fourth-order valence-corrected chi connectivity index (χ4v) is 10.0. The van der Waals surface area contributed by atoms with Crippen molar-refractivity contribution >= 4 is 45.6 Å². The minimum Gasteiger partial charge on any atom is -0.465 e. The van der Waals surface area contributed by atoms with E-state index in [9.17, 15) is 33.0 Å². The number of carbonyl (C=O) groups is 3. The maximum atomic E-state index is 14.5. The van der Waals surface area contributed by atoms with Gasteiger partial charge in [-0.05, 0) is 68.2 Å². The average molecular weight is 840 g/mol. The van der Waals surface area contributed by atoms with Crippen molar-refractivity contribution in [2.75, 3.05) is 26.2 Å². The number of carbonyl (C=O) groups excluding carboxylic acids is 2. The van der Waals surface area contributed by atoms with Gasteiger partial charge < -0.3 is 30.5 Å². The van der Waals surface area contributed by atoms with Gasteiger partial charge in [0, 0.05) is 37.6 Å². The minimum atomic E-state index is -4.09. The smallest absolute Gasteiger partial charge is 0.407 e. The van der Waals surface area contributed by atoms with Gasteiger partial charge in [-0.1, -0.05) is 80.7 Å². The fraction of sp³-hybridized carbons (Fsp3) is 0.537. The molecule has 1 aliphatic heterocycles. The van der Waals surface area contributed by atoms with Gasteiger partial charge >= 0.3 is 12.1 Å². The Hall–Kier alpha value is -4.58. The van der Waals surface area contributed by atoms with Gasteiger partial charge in [-0.2, -0.15) is 4.31 Å². The van der Waals surface area contributed by atoms with Gasteiger partial charge in [0.1, 0.15) is 11.0 Å². The van der Waals surface area contributed by atoms with Gasteiger partial charge in [0.25, 0.3) is 0 Å². The Kier molecular flexibility index (Phi) is 15.7. The molecule has 1 saturated heterocycles. The van der Waals surface area contributed by atoms with E-state index >= 15 is 0 Å². The molecule has 0 radical (unpaired) electrons. The second-order valence-corrected chi connectivity index (χ2v) is 18.5. The summed E-state index contributed by atoms with van der Waals surface area (Å²) in [6, 6.07) is 13.0. The highest BCUT2D eigenvalue weighted by atomic mass is 32.2. The topological polar surface area (TPSA) is 196 Å². The first-order valence-electron chi connectivity index (χ1n) is 20.0. The number of aliphatic hydroxyl groups is 1. The van der Waals surface area contributed by atoms with E-state index in [1.165, 1.54) is 38.9 Å². The van der Waals surface area contributed by atoms with Gasteiger partial charge in [-0.25, -0.2) is 23.0 Å². The fourth-order valence-electron chi connectivity index (χ4n) is 7.69. The van der Waals surface area contributed by atoms with Crippen LogP contribution in [0.25, 0.3) is 0 Å².